The minimum Gasteiger partial charge on any atom is -0.0877 e. The van der Waals surface area contributed by atoms with Crippen molar-refractivity contribution in [1.82, 2.24) is 0 Å². The van der Waals surface area contributed by atoms with E-state index in [0.29, 0.717) is 17.8 Å². The van der Waals surface area contributed by atoms with Crippen molar-refractivity contribution in [3.63, 3.8) is 0 Å². The van der Waals surface area contributed by atoms with Gasteiger partial charge in [-0.1, -0.05) is 57.2 Å². The second kappa shape index (κ2) is 6.66. The maximum atomic E-state index is 2.35. The largest absolute Gasteiger partial charge is 0.0877 e. The summed E-state index contributed by atoms with van der Waals surface area (Å²) in [7, 11) is 0. The van der Waals surface area contributed by atoms with Crippen molar-refractivity contribution in [3.8, 4) is 0 Å². The van der Waals surface area contributed by atoms with Gasteiger partial charge in [0.25, 0.3) is 0 Å². The molecule has 0 saturated carbocycles. The molecule has 0 amide bonds. The summed E-state index contributed by atoms with van der Waals surface area (Å²) in [5, 5.41) is 0. The van der Waals surface area contributed by atoms with Crippen LogP contribution in [0, 0.1) is 17.8 Å². The molecule has 1 aliphatic carbocycles. The maximum Gasteiger partial charge on any atom is -0.0227 e. The van der Waals surface area contributed by atoms with Crippen LogP contribution in [0.3, 0.4) is 0 Å². The van der Waals surface area contributed by atoms with Gasteiger partial charge in [0, 0.05) is 0 Å². The Hall–Kier alpha value is -0.780. The van der Waals surface area contributed by atoms with E-state index in [1.54, 1.807) is 0 Å². The number of hydrogen-bond acceptors (Lipinski definition) is 0. The lowest BCUT2D eigenvalue weighted by Crippen LogP contribution is -1.93. The summed E-state index contributed by atoms with van der Waals surface area (Å²) in [5.74, 6) is 2.05. The second-order valence-corrected chi connectivity index (χ2v) is 4.92. The first-order chi connectivity index (χ1) is 7.18. The highest BCUT2D eigenvalue weighted by molar-refractivity contribution is 5.00. The lowest BCUT2D eigenvalue weighted by Gasteiger charge is -2.08. The number of rotatable bonds is 0. The van der Waals surface area contributed by atoms with Gasteiger partial charge < -0.3 is 0 Å². The number of allylic oxidation sites excluding steroid dienone is 6. The van der Waals surface area contributed by atoms with Gasteiger partial charge in [0.1, 0.15) is 0 Å². The molecule has 0 heterocycles. The molecule has 0 fully saturated rings. The minimum atomic E-state index is 0.684. The lowest BCUT2D eigenvalue weighted by atomic mass is 9.98. The fourth-order valence-corrected chi connectivity index (χ4v) is 1.81. The smallest absolute Gasteiger partial charge is 0.0227 e. The van der Waals surface area contributed by atoms with E-state index in [0.717, 1.165) is 0 Å². The van der Waals surface area contributed by atoms with Gasteiger partial charge in [-0.3, -0.25) is 0 Å². The summed E-state index contributed by atoms with van der Waals surface area (Å²) >= 11 is 0. The molecule has 1 rings (SSSR count). The van der Waals surface area contributed by atoms with Gasteiger partial charge in [-0.2, -0.15) is 0 Å². The van der Waals surface area contributed by atoms with Crippen molar-refractivity contribution >= 4 is 0 Å². The van der Waals surface area contributed by atoms with E-state index in [1.807, 2.05) is 0 Å². The molecule has 0 nitrogen and oxygen atoms in total. The molecule has 0 N–H and O–H groups in total. The molecule has 0 saturated heterocycles. The Kier molecular flexibility index (Phi) is 5.45. The lowest BCUT2D eigenvalue weighted by molar-refractivity contribution is 0.682. The van der Waals surface area contributed by atoms with Gasteiger partial charge >= 0.3 is 0 Å². The molecule has 84 valence electrons. The fraction of sp³-hybridized carbons (Fsp3) is 0.600. The Morgan fingerprint density at radius 2 is 0.867 bits per heavy atom. The molecule has 0 aromatic carbocycles. The molecular formula is C15H24. The summed E-state index contributed by atoms with van der Waals surface area (Å²) in [5.41, 5.74) is 0. The first-order valence-corrected chi connectivity index (χ1v) is 6.18. The summed E-state index contributed by atoms with van der Waals surface area (Å²) < 4.78 is 0. The topological polar surface area (TPSA) is 0 Å². The molecule has 0 bridgehead atoms. The zero-order chi connectivity index (χ0) is 11.1. The zero-order valence-electron chi connectivity index (χ0n) is 10.3. The predicted molar refractivity (Wildman–Crippen MR) is 68.8 cm³/mol. The molecular weight excluding hydrogens is 180 g/mol. The van der Waals surface area contributed by atoms with Crippen LogP contribution in [0.15, 0.2) is 36.5 Å². The van der Waals surface area contributed by atoms with E-state index >= 15 is 0 Å². The van der Waals surface area contributed by atoms with Crippen LogP contribution in [0.25, 0.3) is 0 Å². The monoisotopic (exact) mass is 204 g/mol. The zero-order valence-corrected chi connectivity index (χ0v) is 10.3. The van der Waals surface area contributed by atoms with Crippen LogP contribution >= 0.6 is 0 Å². The van der Waals surface area contributed by atoms with E-state index in [9.17, 15) is 0 Å². The molecule has 15 heavy (non-hydrogen) atoms. The maximum absolute atomic E-state index is 2.35. The van der Waals surface area contributed by atoms with Crippen LogP contribution in [-0.4, -0.2) is 0 Å². The highest BCUT2D eigenvalue weighted by atomic mass is 14.1. The Morgan fingerprint density at radius 3 is 1.13 bits per heavy atom. The fourth-order valence-electron chi connectivity index (χ4n) is 1.81. The van der Waals surface area contributed by atoms with Crippen molar-refractivity contribution < 1.29 is 0 Å². The van der Waals surface area contributed by atoms with Gasteiger partial charge in [0.15, 0.2) is 0 Å². The summed E-state index contributed by atoms with van der Waals surface area (Å²) in [6.07, 6.45) is 17.6. The van der Waals surface area contributed by atoms with Crippen LogP contribution in [0.4, 0.5) is 0 Å². The van der Waals surface area contributed by atoms with Gasteiger partial charge in [-0.25, -0.2) is 0 Å². The predicted octanol–water partition coefficient (Wildman–Crippen LogP) is 4.75. The van der Waals surface area contributed by atoms with Crippen LogP contribution in [-0.2, 0) is 0 Å². The van der Waals surface area contributed by atoms with Crippen molar-refractivity contribution in [2.45, 2.75) is 40.0 Å². The normalized spacial score (nSPS) is 33.4. The Morgan fingerprint density at radius 1 is 0.600 bits per heavy atom. The van der Waals surface area contributed by atoms with E-state index in [1.165, 1.54) is 19.3 Å². The summed E-state index contributed by atoms with van der Waals surface area (Å²) in [4.78, 5) is 0. The van der Waals surface area contributed by atoms with Crippen LogP contribution in [0.5, 0.6) is 0 Å². The quantitative estimate of drug-likeness (QED) is 0.500. The van der Waals surface area contributed by atoms with Crippen molar-refractivity contribution in [2.24, 2.45) is 17.8 Å². The molecule has 0 radical (unpaired) electrons. The Labute approximate surface area is 94.8 Å². The summed E-state index contributed by atoms with van der Waals surface area (Å²) in [6, 6.07) is 0. The average molecular weight is 204 g/mol. The van der Waals surface area contributed by atoms with E-state index in [-0.39, 0.29) is 0 Å². The molecule has 1 aliphatic rings. The third-order valence-corrected chi connectivity index (χ3v) is 2.92. The molecule has 0 spiro atoms. The second-order valence-electron chi connectivity index (χ2n) is 4.92. The van der Waals surface area contributed by atoms with Gasteiger partial charge in [0.05, 0.1) is 0 Å². The van der Waals surface area contributed by atoms with Crippen molar-refractivity contribution in [3.05, 3.63) is 36.5 Å². The van der Waals surface area contributed by atoms with Gasteiger partial charge in [-0.15, -0.1) is 0 Å². The Balaban J connectivity index is 2.61. The molecule has 0 aliphatic heterocycles. The molecule has 0 heteroatoms. The van der Waals surface area contributed by atoms with Crippen molar-refractivity contribution in [1.29, 1.82) is 0 Å². The summed E-state index contributed by atoms with van der Waals surface area (Å²) in [6.45, 7) is 6.87. The van der Waals surface area contributed by atoms with Crippen LogP contribution in [0.2, 0.25) is 0 Å². The minimum absolute atomic E-state index is 0.684. The van der Waals surface area contributed by atoms with Crippen molar-refractivity contribution in [2.75, 3.05) is 0 Å². The molecule has 0 aromatic heterocycles. The SMILES string of the molecule is CC1C=CCC(C)C=CCC(C)C=CC1. The molecule has 3 unspecified atom stereocenters. The highest BCUT2D eigenvalue weighted by Crippen LogP contribution is 2.14. The molecule has 3 atom stereocenters. The van der Waals surface area contributed by atoms with E-state index < -0.39 is 0 Å². The van der Waals surface area contributed by atoms with E-state index in [4.69, 9.17) is 0 Å². The van der Waals surface area contributed by atoms with E-state index in [2.05, 4.69) is 57.2 Å². The standard InChI is InChI=1S/C15H24/c1-13-7-4-9-14(2)11-6-12-15(3)10-5-8-13/h4-7,10-11,13-15H,8-9,12H2,1-3H3. The van der Waals surface area contributed by atoms with Crippen LogP contribution in [0.1, 0.15) is 40.0 Å². The first-order valence-electron chi connectivity index (χ1n) is 6.18. The third-order valence-electron chi connectivity index (χ3n) is 2.92. The third kappa shape index (κ3) is 5.61. The highest BCUT2D eigenvalue weighted by Gasteiger charge is 1.99. The molecule has 0 aromatic rings. The van der Waals surface area contributed by atoms with Gasteiger partial charge in [-0.05, 0) is 37.0 Å². The number of hydrogen-bond donors (Lipinski definition) is 0. The van der Waals surface area contributed by atoms with Gasteiger partial charge in [0.2, 0.25) is 0 Å². The first kappa shape index (κ1) is 12.3. The van der Waals surface area contributed by atoms with Crippen LogP contribution < -0.4 is 0 Å². The Bertz CT molecular complexity index is 202. The average Bonchev–Trinajstić information content (AvgIpc) is 2.16.